The number of piperidine rings is 1. The maximum absolute atomic E-state index is 13.6. The van der Waals surface area contributed by atoms with Crippen molar-refractivity contribution in [2.75, 3.05) is 32.4 Å². The highest BCUT2D eigenvalue weighted by Crippen LogP contribution is 2.21. The number of halogens is 1. The Labute approximate surface area is 125 Å². The van der Waals surface area contributed by atoms with Crippen molar-refractivity contribution in [3.8, 4) is 0 Å². The van der Waals surface area contributed by atoms with E-state index in [2.05, 4.69) is 16.7 Å². The third kappa shape index (κ3) is 3.93. The van der Waals surface area contributed by atoms with Crippen LogP contribution in [0, 0.1) is 18.7 Å². The number of hydrogen-bond acceptors (Lipinski definition) is 4. The lowest BCUT2D eigenvalue weighted by atomic mass is 9.98. The topological polar surface area (TPSA) is 75.4 Å². The molecule has 21 heavy (non-hydrogen) atoms. The van der Waals surface area contributed by atoms with E-state index in [0.717, 1.165) is 32.0 Å². The molecule has 1 saturated heterocycles. The first-order chi connectivity index (χ1) is 9.79. The fourth-order valence-corrected chi connectivity index (χ4v) is 3.57. The Morgan fingerprint density at radius 3 is 2.57 bits per heavy atom. The van der Waals surface area contributed by atoms with Gasteiger partial charge in [-0.25, -0.2) is 17.5 Å². The van der Waals surface area contributed by atoms with Crippen LogP contribution in [0.5, 0.6) is 0 Å². The van der Waals surface area contributed by atoms with Gasteiger partial charge in [-0.05, 0) is 58.0 Å². The molecule has 0 aliphatic carbocycles. The molecular weight excluding hydrogens is 293 g/mol. The monoisotopic (exact) mass is 315 g/mol. The van der Waals surface area contributed by atoms with Crippen LogP contribution in [0.2, 0.25) is 0 Å². The Balaban J connectivity index is 2.05. The minimum absolute atomic E-state index is 0.115. The summed E-state index contributed by atoms with van der Waals surface area (Å²) in [7, 11) is -1.66. The molecular formula is C14H22FN3O2S. The molecule has 5 nitrogen and oxygen atoms in total. The van der Waals surface area contributed by atoms with Gasteiger partial charge in [0.1, 0.15) is 5.82 Å². The zero-order valence-electron chi connectivity index (χ0n) is 12.4. The number of benzene rings is 1. The first kappa shape index (κ1) is 16.2. The standard InChI is InChI=1S/C14H22FN3O2S/c1-10-13(15)7-12(8-14(10)16)21(19,20)17-9-11-3-5-18(2)6-4-11/h7-8,11,17H,3-6,9,16H2,1-2H3. The number of hydrogen-bond donors (Lipinski definition) is 2. The van der Waals surface area contributed by atoms with E-state index >= 15 is 0 Å². The first-order valence-corrected chi connectivity index (χ1v) is 8.52. The van der Waals surface area contributed by atoms with E-state index in [4.69, 9.17) is 5.73 Å². The predicted octanol–water partition coefficient (Wildman–Crippen LogP) is 1.34. The second kappa shape index (κ2) is 6.29. The summed E-state index contributed by atoms with van der Waals surface area (Å²) in [6.45, 7) is 3.84. The van der Waals surface area contributed by atoms with Gasteiger partial charge in [0.05, 0.1) is 4.90 Å². The number of nitrogens with zero attached hydrogens (tertiary/aromatic N) is 1. The summed E-state index contributed by atoms with van der Waals surface area (Å²) < 4.78 is 40.6. The molecule has 1 heterocycles. The predicted molar refractivity (Wildman–Crippen MR) is 81.0 cm³/mol. The molecule has 1 aromatic rings. The number of rotatable bonds is 4. The summed E-state index contributed by atoms with van der Waals surface area (Å²) >= 11 is 0. The summed E-state index contributed by atoms with van der Waals surface area (Å²) in [6, 6.07) is 2.32. The van der Waals surface area contributed by atoms with Gasteiger partial charge in [0, 0.05) is 17.8 Å². The van der Waals surface area contributed by atoms with Crippen LogP contribution in [0.3, 0.4) is 0 Å². The molecule has 0 amide bonds. The Kier molecular flexibility index (Phi) is 4.85. The molecule has 1 aliphatic heterocycles. The second-order valence-corrected chi connectivity index (χ2v) is 7.48. The van der Waals surface area contributed by atoms with Gasteiger partial charge in [0.15, 0.2) is 0 Å². The van der Waals surface area contributed by atoms with Crippen molar-refractivity contribution in [2.24, 2.45) is 5.92 Å². The zero-order chi connectivity index (χ0) is 15.6. The van der Waals surface area contributed by atoms with Crippen LogP contribution in [-0.4, -0.2) is 40.0 Å². The summed E-state index contributed by atoms with van der Waals surface area (Å²) in [5.41, 5.74) is 6.05. The lowest BCUT2D eigenvalue weighted by Crippen LogP contribution is -2.36. The molecule has 118 valence electrons. The molecule has 0 saturated carbocycles. The maximum Gasteiger partial charge on any atom is 0.240 e. The number of nitrogens with one attached hydrogen (secondary N) is 1. The smallest absolute Gasteiger partial charge is 0.240 e. The molecule has 0 spiro atoms. The van der Waals surface area contributed by atoms with Crippen LogP contribution in [0.15, 0.2) is 17.0 Å². The van der Waals surface area contributed by atoms with E-state index in [1.165, 1.54) is 13.0 Å². The van der Waals surface area contributed by atoms with Crippen LogP contribution in [0.25, 0.3) is 0 Å². The molecule has 7 heteroatoms. The van der Waals surface area contributed by atoms with Crippen molar-refractivity contribution < 1.29 is 12.8 Å². The lowest BCUT2D eigenvalue weighted by molar-refractivity contribution is 0.220. The largest absolute Gasteiger partial charge is 0.398 e. The van der Waals surface area contributed by atoms with Gasteiger partial charge in [-0.3, -0.25) is 0 Å². The first-order valence-electron chi connectivity index (χ1n) is 7.03. The van der Waals surface area contributed by atoms with Crippen molar-refractivity contribution in [3.63, 3.8) is 0 Å². The molecule has 1 aliphatic rings. The average Bonchev–Trinajstić information content (AvgIpc) is 2.43. The summed E-state index contributed by atoms with van der Waals surface area (Å²) in [6.07, 6.45) is 1.92. The van der Waals surface area contributed by atoms with Crippen molar-refractivity contribution in [3.05, 3.63) is 23.5 Å². The van der Waals surface area contributed by atoms with Crippen molar-refractivity contribution >= 4 is 15.7 Å². The number of anilines is 1. The molecule has 0 radical (unpaired) electrons. The third-order valence-corrected chi connectivity index (χ3v) is 5.47. The van der Waals surface area contributed by atoms with Gasteiger partial charge >= 0.3 is 0 Å². The van der Waals surface area contributed by atoms with Crippen LogP contribution in [0.1, 0.15) is 18.4 Å². The van der Waals surface area contributed by atoms with E-state index in [1.807, 2.05) is 0 Å². The Morgan fingerprint density at radius 2 is 2.00 bits per heavy atom. The van der Waals surface area contributed by atoms with Gasteiger partial charge < -0.3 is 10.6 Å². The fraction of sp³-hybridized carbons (Fsp3) is 0.571. The highest BCUT2D eigenvalue weighted by Gasteiger charge is 2.21. The van der Waals surface area contributed by atoms with Crippen LogP contribution < -0.4 is 10.5 Å². The average molecular weight is 315 g/mol. The number of nitrogen functional groups attached to an aromatic ring is 1. The number of nitrogens with two attached hydrogens (primary N) is 1. The lowest BCUT2D eigenvalue weighted by Gasteiger charge is -2.28. The quantitative estimate of drug-likeness (QED) is 0.822. The summed E-state index contributed by atoms with van der Waals surface area (Å²) in [5.74, 6) is -0.279. The van der Waals surface area contributed by atoms with E-state index in [1.54, 1.807) is 0 Å². The second-order valence-electron chi connectivity index (χ2n) is 5.72. The summed E-state index contributed by atoms with van der Waals surface area (Å²) in [4.78, 5) is 2.11. The van der Waals surface area contributed by atoms with Gasteiger partial charge in [-0.1, -0.05) is 0 Å². The molecule has 1 aromatic carbocycles. The van der Waals surface area contributed by atoms with Crippen LogP contribution in [-0.2, 0) is 10.0 Å². The maximum atomic E-state index is 13.6. The minimum Gasteiger partial charge on any atom is -0.398 e. The van der Waals surface area contributed by atoms with E-state index < -0.39 is 15.8 Å². The molecule has 1 fully saturated rings. The Bertz CT molecular complexity index is 588. The van der Waals surface area contributed by atoms with Crippen molar-refractivity contribution in [1.29, 1.82) is 0 Å². The molecule has 3 N–H and O–H groups in total. The Hall–Kier alpha value is -1.18. The minimum atomic E-state index is -3.72. The van der Waals surface area contributed by atoms with Gasteiger partial charge in [0.25, 0.3) is 0 Å². The molecule has 0 aromatic heterocycles. The van der Waals surface area contributed by atoms with Gasteiger partial charge in [-0.2, -0.15) is 0 Å². The van der Waals surface area contributed by atoms with Crippen molar-refractivity contribution in [2.45, 2.75) is 24.7 Å². The number of likely N-dealkylation sites (tertiary alicyclic amines) is 1. The van der Waals surface area contributed by atoms with Gasteiger partial charge in [-0.15, -0.1) is 0 Å². The zero-order valence-corrected chi connectivity index (χ0v) is 13.2. The molecule has 0 bridgehead atoms. The number of sulfonamides is 1. The molecule has 2 rings (SSSR count). The third-order valence-electron chi connectivity index (χ3n) is 4.07. The van der Waals surface area contributed by atoms with E-state index in [9.17, 15) is 12.8 Å². The van der Waals surface area contributed by atoms with Gasteiger partial charge in [0.2, 0.25) is 10.0 Å². The highest BCUT2D eigenvalue weighted by atomic mass is 32.2. The van der Waals surface area contributed by atoms with Crippen molar-refractivity contribution in [1.82, 2.24) is 9.62 Å². The molecule has 0 atom stereocenters. The summed E-state index contributed by atoms with van der Waals surface area (Å²) in [5, 5.41) is 0. The van der Waals surface area contributed by atoms with Crippen LogP contribution >= 0.6 is 0 Å². The highest BCUT2D eigenvalue weighted by molar-refractivity contribution is 7.89. The molecule has 0 unspecified atom stereocenters. The van der Waals surface area contributed by atoms with E-state index in [0.29, 0.717) is 12.5 Å². The normalized spacial score (nSPS) is 18.0. The fourth-order valence-electron chi connectivity index (χ4n) is 2.41. The van der Waals surface area contributed by atoms with E-state index in [-0.39, 0.29) is 16.1 Å². The van der Waals surface area contributed by atoms with Crippen LogP contribution in [0.4, 0.5) is 10.1 Å². The Morgan fingerprint density at radius 1 is 1.38 bits per heavy atom. The SMILES string of the molecule is Cc1c(N)cc(S(=O)(=O)NCC2CCN(C)CC2)cc1F.